The van der Waals surface area contributed by atoms with E-state index in [-0.39, 0.29) is 0 Å². The van der Waals surface area contributed by atoms with E-state index in [0.717, 1.165) is 16.9 Å². The van der Waals surface area contributed by atoms with Crippen molar-refractivity contribution in [3.8, 4) is 5.75 Å². The molecule has 2 N–H and O–H groups in total. The third kappa shape index (κ3) is 2.62. The summed E-state index contributed by atoms with van der Waals surface area (Å²) in [5, 5.41) is 0.632. The fourth-order valence-electron chi connectivity index (χ4n) is 1.60. The van der Waals surface area contributed by atoms with Gasteiger partial charge >= 0.3 is 0 Å². The van der Waals surface area contributed by atoms with Crippen molar-refractivity contribution in [1.29, 1.82) is 0 Å². The van der Waals surface area contributed by atoms with Crippen molar-refractivity contribution in [2.24, 2.45) is 5.90 Å². The van der Waals surface area contributed by atoms with Crippen LogP contribution in [0.5, 0.6) is 5.75 Å². The topological polar surface area (TPSA) is 44.5 Å². The second-order valence-electron chi connectivity index (χ2n) is 3.43. The molecule has 0 saturated heterocycles. The first-order chi connectivity index (χ1) is 7.11. The van der Waals surface area contributed by atoms with Crippen molar-refractivity contribution >= 4 is 11.6 Å². The van der Waals surface area contributed by atoms with Gasteiger partial charge in [0.25, 0.3) is 0 Å². The van der Waals surface area contributed by atoms with Gasteiger partial charge in [0, 0.05) is 12.0 Å². The summed E-state index contributed by atoms with van der Waals surface area (Å²) < 4.78 is 5.28. The van der Waals surface area contributed by atoms with Crippen LogP contribution < -0.4 is 10.6 Å². The Labute approximate surface area is 95.1 Å². The van der Waals surface area contributed by atoms with E-state index in [2.05, 4.69) is 4.84 Å². The molecule has 0 aliphatic heterocycles. The van der Waals surface area contributed by atoms with Crippen LogP contribution in [0.15, 0.2) is 6.07 Å². The van der Waals surface area contributed by atoms with Crippen molar-refractivity contribution < 1.29 is 9.57 Å². The molecule has 0 aromatic heterocycles. The first-order valence-corrected chi connectivity index (χ1v) is 5.13. The van der Waals surface area contributed by atoms with E-state index in [1.165, 1.54) is 5.56 Å². The van der Waals surface area contributed by atoms with Gasteiger partial charge in [-0.05, 0) is 31.0 Å². The molecule has 1 rings (SSSR count). The lowest BCUT2D eigenvalue weighted by molar-refractivity contribution is 0.140. The van der Waals surface area contributed by atoms with Crippen LogP contribution in [0.2, 0.25) is 5.02 Å². The molecule has 0 heterocycles. The van der Waals surface area contributed by atoms with Crippen LogP contribution in [0, 0.1) is 13.8 Å². The Morgan fingerprint density at radius 3 is 2.60 bits per heavy atom. The maximum atomic E-state index is 6.09. The molecule has 0 bridgehead atoms. The van der Waals surface area contributed by atoms with Crippen LogP contribution >= 0.6 is 11.6 Å². The Hall–Kier alpha value is -0.770. The molecule has 0 atom stereocenters. The van der Waals surface area contributed by atoms with E-state index in [4.69, 9.17) is 22.2 Å². The molecule has 15 heavy (non-hydrogen) atoms. The molecule has 0 radical (unpaired) electrons. The van der Waals surface area contributed by atoms with Gasteiger partial charge in [0.2, 0.25) is 0 Å². The average Bonchev–Trinajstić information content (AvgIpc) is 2.21. The number of halogens is 1. The highest BCUT2D eigenvalue weighted by atomic mass is 35.5. The highest BCUT2D eigenvalue weighted by molar-refractivity contribution is 6.32. The summed E-state index contributed by atoms with van der Waals surface area (Å²) in [5.41, 5.74) is 3.38. The molecule has 1 aromatic carbocycles. The molecule has 0 aliphatic carbocycles. The number of rotatable bonds is 4. The van der Waals surface area contributed by atoms with Gasteiger partial charge in [0.05, 0.1) is 18.7 Å². The molecular formula is C11H16ClNO2. The van der Waals surface area contributed by atoms with E-state index in [1.54, 1.807) is 7.11 Å². The number of ether oxygens (including phenoxy) is 1. The number of aryl methyl sites for hydroxylation is 1. The normalized spacial score (nSPS) is 10.5. The lowest BCUT2D eigenvalue weighted by atomic mass is 10.00. The highest BCUT2D eigenvalue weighted by Gasteiger charge is 2.12. The lowest BCUT2D eigenvalue weighted by Crippen LogP contribution is -2.07. The summed E-state index contributed by atoms with van der Waals surface area (Å²) in [7, 11) is 1.61. The first kappa shape index (κ1) is 12.3. The van der Waals surface area contributed by atoms with Crippen LogP contribution in [0.25, 0.3) is 0 Å². The Morgan fingerprint density at radius 2 is 2.07 bits per heavy atom. The van der Waals surface area contributed by atoms with E-state index in [0.29, 0.717) is 18.1 Å². The minimum atomic E-state index is 0.455. The van der Waals surface area contributed by atoms with E-state index in [1.807, 2.05) is 19.9 Å². The molecule has 3 nitrogen and oxygen atoms in total. The monoisotopic (exact) mass is 229 g/mol. The average molecular weight is 230 g/mol. The molecule has 0 aliphatic rings. The number of hydrogen-bond acceptors (Lipinski definition) is 3. The van der Waals surface area contributed by atoms with Gasteiger partial charge in [0.15, 0.2) is 0 Å². The maximum Gasteiger partial charge on any atom is 0.141 e. The van der Waals surface area contributed by atoms with Crippen LogP contribution in [0.1, 0.15) is 16.7 Å². The van der Waals surface area contributed by atoms with Crippen molar-refractivity contribution in [2.45, 2.75) is 20.3 Å². The Balaban J connectivity index is 3.18. The van der Waals surface area contributed by atoms with Crippen LogP contribution in [-0.2, 0) is 11.3 Å². The van der Waals surface area contributed by atoms with Gasteiger partial charge in [-0.1, -0.05) is 11.6 Å². The van der Waals surface area contributed by atoms with E-state index >= 15 is 0 Å². The van der Waals surface area contributed by atoms with Gasteiger partial charge in [-0.15, -0.1) is 0 Å². The summed E-state index contributed by atoms with van der Waals surface area (Å²) in [6, 6.07) is 1.91. The molecular weight excluding hydrogens is 214 g/mol. The molecule has 0 fully saturated rings. The molecule has 0 amide bonds. The SMILES string of the molecule is COc1c(Cl)cc(C)c(C)c1CCON. The van der Waals surface area contributed by atoms with Crippen molar-refractivity contribution in [2.75, 3.05) is 13.7 Å². The second-order valence-corrected chi connectivity index (χ2v) is 3.84. The predicted molar refractivity (Wildman–Crippen MR) is 61.3 cm³/mol. The summed E-state index contributed by atoms with van der Waals surface area (Å²) >= 11 is 6.09. The third-order valence-electron chi connectivity index (χ3n) is 2.55. The summed E-state index contributed by atoms with van der Waals surface area (Å²) in [5.74, 6) is 5.74. The molecule has 0 spiro atoms. The minimum absolute atomic E-state index is 0.455. The van der Waals surface area contributed by atoms with Gasteiger partial charge < -0.3 is 9.57 Å². The Kier molecular flexibility index (Phi) is 4.39. The predicted octanol–water partition coefficient (Wildman–Crippen LogP) is 2.40. The summed E-state index contributed by atoms with van der Waals surface area (Å²) in [6.07, 6.45) is 0.701. The summed E-state index contributed by atoms with van der Waals surface area (Å²) in [4.78, 5) is 4.58. The standard InChI is InChI=1S/C11H16ClNO2/c1-7-6-10(12)11(14-3)9(8(7)2)4-5-15-13/h6H,4-5,13H2,1-3H3. The largest absolute Gasteiger partial charge is 0.495 e. The Morgan fingerprint density at radius 1 is 1.40 bits per heavy atom. The fourth-order valence-corrected chi connectivity index (χ4v) is 1.95. The molecule has 4 heteroatoms. The van der Waals surface area contributed by atoms with Crippen LogP contribution in [-0.4, -0.2) is 13.7 Å². The number of nitrogens with two attached hydrogens (primary N) is 1. The summed E-state index contributed by atoms with van der Waals surface area (Å²) in [6.45, 7) is 4.52. The number of methoxy groups -OCH3 is 1. The highest BCUT2D eigenvalue weighted by Crippen LogP contribution is 2.33. The quantitative estimate of drug-likeness (QED) is 0.807. The van der Waals surface area contributed by atoms with Crippen molar-refractivity contribution in [1.82, 2.24) is 0 Å². The van der Waals surface area contributed by atoms with E-state index < -0.39 is 0 Å². The smallest absolute Gasteiger partial charge is 0.141 e. The maximum absolute atomic E-state index is 6.09. The molecule has 0 unspecified atom stereocenters. The Bertz CT molecular complexity index is 353. The second kappa shape index (κ2) is 5.35. The van der Waals surface area contributed by atoms with Crippen LogP contribution in [0.4, 0.5) is 0 Å². The fraction of sp³-hybridized carbons (Fsp3) is 0.455. The zero-order valence-corrected chi connectivity index (χ0v) is 10.0. The van der Waals surface area contributed by atoms with Crippen molar-refractivity contribution in [3.05, 3.63) is 27.8 Å². The zero-order chi connectivity index (χ0) is 11.4. The number of benzene rings is 1. The first-order valence-electron chi connectivity index (χ1n) is 4.76. The van der Waals surface area contributed by atoms with Gasteiger partial charge in [0.1, 0.15) is 5.75 Å². The number of hydrogen-bond donors (Lipinski definition) is 1. The van der Waals surface area contributed by atoms with Crippen LogP contribution in [0.3, 0.4) is 0 Å². The van der Waals surface area contributed by atoms with Gasteiger partial charge in [-0.3, -0.25) is 0 Å². The molecule has 1 aromatic rings. The van der Waals surface area contributed by atoms with Gasteiger partial charge in [-0.25, -0.2) is 5.90 Å². The lowest BCUT2D eigenvalue weighted by Gasteiger charge is -2.15. The molecule has 84 valence electrons. The van der Waals surface area contributed by atoms with Crippen molar-refractivity contribution in [3.63, 3.8) is 0 Å². The third-order valence-corrected chi connectivity index (χ3v) is 2.83. The zero-order valence-electron chi connectivity index (χ0n) is 9.26. The molecule has 0 saturated carbocycles. The minimum Gasteiger partial charge on any atom is -0.495 e. The van der Waals surface area contributed by atoms with Gasteiger partial charge in [-0.2, -0.15) is 0 Å². The van der Waals surface area contributed by atoms with E-state index in [9.17, 15) is 0 Å².